The Morgan fingerprint density at radius 1 is 1.25 bits per heavy atom. The number of carboxylic acids is 1. The molecular weight excluding hydrogens is 366 g/mol. The molecule has 0 atom stereocenters. The Bertz CT molecular complexity index is 823. The fourth-order valence-electron chi connectivity index (χ4n) is 4.31. The molecule has 1 N–H and O–H groups in total. The van der Waals surface area contributed by atoms with Gasteiger partial charge in [-0.2, -0.15) is 0 Å². The molecule has 152 valence electrons. The van der Waals surface area contributed by atoms with Gasteiger partial charge in [-0.3, -0.25) is 0 Å². The molecule has 0 bridgehead atoms. The Balaban J connectivity index is 2.05. The topological polar surface area (TPSA) is 40.5 Å². The second-order valence-corrected chi connectivity index (χ2v) is 10.7. The molecule has 1 aromatic rings. The van der Waals surface area contributed by atoms with Gasteiger partial charge in [0.25, 0.3) is 0 Å². The highest BCUT2D eigenvalue weighted by Crippen LogP contribution is 2.41. The van der Waals surface area contributed by atoms with Crippen LogP contribution in [0.1, 0.15) is 79.9 Å². The van der Waals surface area contributed by atoms with Crippen LogP contribution >= 0.6 is 11.3 Å². The lowest BCUT2D eigenvalue weighted by molar-refractivity contribution is 0.0702. The van der Waals surface area contributed by atoms with E-state index in [-0.39, 0.29) is 5.41 Å². The van der Waals surface area contributed by atoms with Crippen LogP contribution in [0.4, 0.5) is 0 Å². The number of thiophene rings is 1. The number of carbonyl (C=O) groups is 1. The third-order valence-corrected chi connectivity index (χ3v) is 6.94. The van der Waals surface area contributed by atoms with Gasteiger partial charge in [0.1, 0.15) is 4.88 Å². The fraction of sp³-hybridized carbons (Fsp3) is 0.625. The molecule has 0 amide bonds. The zero-order valence-corrected chi connectivity index (χ0v) is 18.7. The predicted molar refractivity (Wildman–Crippen MR) is 118 cm³/mol. The van der Waals surface area contributed by atoms with Gasteiger partial charge in [-0.15, -0.1) is 11.3 Å². The number of hydrogen-bond acceptors (Lipinski definition) is 3. The van der Waals surface area contributed by atoms with Gasteiger partial charge in [-0.1, -0.05) is 37.2 Å². The van der Waals surface area contributed by atoms with E-state index in [0.717, 1.165) is 35.9 Å². The minimum Gasteiger partial charge on any atom is -0.477 e. The lowest BCUT2D eigenvalue weighted by Gasteiger charge is -2.35. The molecular formula is C24H33NO2S. The first-order valence-electron chi connectivity index (χ1n) is 10.4. The summed E-state index contributed by atoms with van der Waals surface area (Å²) in [5.41, 5.74) is 3.59. The SMILES string of the molecule is CC1CCC(C2=C(c3cc(C#CC(C)(C)C)sc3C(=O)O)CN(C)CC2)CC1. The number of aromatic carboxylic acids is 1. The average molecular weight is 400 g/mol. The number of likely N-dealkylation sites (N-methyl/N-ethyl adjacent to an activating group) is 1. The van der Waals surface area contributed by atoms with E-state index < -0.39 is 5.97 Å². The zero-order valence-electron chi connectivity index (χ0n) is 17.9. The van der Waals surface area contributed by atoms with Crippen molar-refractivity contribution in [3.05, 3.63) is 27.0 Å². The van der Waals surface area contributed by atoms with Gasteiger partial charge < -0.3 is 10.0 Å². The maximum absolute atomic E-state index is 12.0. The Morgan fingerprint density at radius 2 is 1.93 bits per heavy atom. The second-order valence-electron chi connectivity index (χ2n) is 9.61. The Morgan fingerprint density at radius 3 is 2.54 bits per heavy atom. The number of hydrogen-bond donors (Lipinski definition) is 1. The Kier molecular flexibility index (Phi) is 6.37. The molecule has 1 aromatic heterocycles. The third-order valence-electron chi connectivity index (χ3n) is 5.90. The van der Waals surface area contributed by atoms with E-state index in [2.05, 4.69) is 51.5 Å². The van der Waals surface area contributed by atoms with Crippen LogP contribution in [0.25, 0.3) is 5.57 Å². The van der Waals surface area contributed by atoms with E-state index >= 15 is 0 Å². The molecule has 0 unspecified atom stereocenters. The highest BCUT2D eigenvalue weighted by atomic mass is 32.1. The molecule has 0 spiro atoms. The van der Waals surface area contributed by atoms with Crippen LogP contribution in [-0.2, 0) is 0 Å². The summed E-state index contributed by atoms with van der Waals surface area (Å²) in [6.45, 7) is 10.5. The van der Waals surface area contributed by atoms with Crippen molar-refractivity contribution < 1.29 is 9.90 Å². The maximum atomic E-state index is 12.0. The van der Waals surface area contributed by atoms with E-state index in [1.165, 1.54) is 48.2 Å². The summed E-state index contributed by atoms with van der Waals surface area (Å²) < 4.78 is 0. The fourth-order valence-corrected chi connectivity index (χ4v) is 5.19. The lowest BCUT2D eigenvalue weighted by Crippen LogP contribution is -2.30. The Hall–Kier alpha value is -1.57. The largest absolute Gasteiger partial charge is 0.477 e. The van der Waals surface area contributed by atoms with E-state index in [1.807, 2.05) is 6.07 Å². The zero-order chi connectivity index (χ0) is 20.5. The molecule has 0 aromatic carbocycles. The summed E-state index contributed by atoms with van der Waals surface area (Å²) >= 11 is 1.33. The standard InChI is InChI=1S/C24H33NO2S/c1-16-6-8-17(9-7-16)19-11-13-25(5)15-21(19)20-14-18(10-12-24(2,3)4)28-22(20)23(26)27/h14,16-17H,6-9,11,13,15H2,1-5H3,(H,26,27). The quantitative estimate of drug-likeness (QED) is 0.657. The van der Waals surface area contributed by atoms with Gasteiger partial charge in [0, 0.05) is 24.1 Å². The summed E-state index contributed by atoms with van der Waals surface area (Å²) in [5.74, 6) is 7.07. The van der Waals surface area contributed by atoms with Crippen LogP contribution < -0.4 is 0 Å². The van der Waals surface area contributed by atoms with Crippen LogP contribution in [-0.4, -0.2) is 36.1 Å². The van der Waals surface area contributed by atoms with Crippen LogP contribution in [0.2, 0.25) is 0 Å². The van der Waals surface area contributed by atoms with E-state index in [4.69, 9.17) is 0 Å². The van der Waals surface area contributed by atoms with Crippen LogP contribution in [0, 0.1) is 29.1 Å². The van der Waals surface area contributed by atoms with Crippen molar-refractivity contribution in [1.82, 2.24) is 4.90 Å². The molecule has 1 saturated carbocycles. The molecule has 1 aliphatic carbocycles. The van der Waals surface area contributed by atoms with Gasteiger partial charge in [-0.25, -0.2) is 4.79 Å². The number of rotatable bonds is 3. The first-order valence-corrected chi connectivity index (χ1v) is 11.3. The van der Waals surface area contributed by atoms with Gasteiger partial charge in [0.05, 0.1) is 4.88 Å². The maximum Gasteiger partial charge on any atom is 0.346 e. The van der Waals surface area contributed by atoms with Gasteiger partial charge >= 0.3 is 5.97 Å². The minimum atomic E-state index is -0.832. The van der Waals surface area contributed by atoms with Crippen molar-refractivity contribution in [3.8, 4) is 11.8 Å². The van der Waals surface area contributed by atoms with Crippen LogP contribution in [0.5, 0.6) is 0 Å². The monoisotopic (exact) mass is 399 g/mol. The van der Waals surface area contributed by atoms with Crippen molar-refractivity contribution >= 4 is 22.9 Å². The molecule has 28 heavy (non-hydrogen) atoms. The molecule has 3 nitrogen and oxygen atoms in total. The van der Waals surface area contributed by atoms with Crippen molar-refractivity contribution in [2.24, 2.45) is 17.3 Å². The van der Waals surface area contributed by atoms with E-state index in [1.54, 1.807) is 0 Å². The number of nitrogens with zero attached hydrogens (tertiary/aromatic N) is 1. The molecule has 1 fully saturated rings. The predicted octanol–water partition coefficient (Wildman–Crippen LogP) is 5.76. The summed E-state index contributed by atoms with van der Waals surface area (Å²) in [6, 6.07) is 2.03. The Labute approximate surface area is 173 Å². The van der Waals surface area contributed by atoms with Crippen molar-refractivity contribution in [2.45, 2.75) is 59.8 Å². The van der Waals surface area contributed by atoms with Crippen molar-refractivity contribution in [3.63, 3.8) is 0 Å². The van der Waals surface area contributed by atoms with Gasteiger partial charge in [-0.05, 0) is 70.6 Å². The second kappa shape index (κ2) is 8.43. The summed E-state index contributed by atoms with van der Waals surface area (Å²) in [6.07, 6.45) is 6.12. The van der Waals surface area contributed by atoms with Crippen molar-refractivity contribution in [1.29, 1.82) is 0 Å². The van der Waals surface area contributed by atoms with Gasteiger partial charge in [0.2, 0.25) is 0 Å². The molecule has 1 aliphatic heterocycles. The van der Waals surface area contributed by atoms with E-state index in [9.17, 15) is 9.90 Å². The van der Waals surface area contributed by atoms with Crippen molar-refractivity contribution in [2.75, 3.05) is 20.1 Å². The lowest BCUT2D eigenvalue weighted by atomic mass is 9.75. The molecule has 4 heteroatoms. The molecule has 3 rings (SSSR count). The average Bonchev–Trinajstić information content (AvgIpc) is 3.05. The highest BCUT2D eigenvalue weighted by molar-refractivity contribution is 7.14. The minimum absolute atomic E-state index is 0.0954. The smallest absolute Gasteiger partial charge is 0.346 e. The molecule has 2 aliphatic rings. The number of carboxylic acid groups (broad SMARTS) is 1. The normalized spacial score (nSPS) is 24.0. The van der Waals surface area contributed by atoms with Crippen LogP contribution in [0.15, 0.2) is 11.6 Å². The first-order chi connectivity index (χ1) is 13.1. The third kappa shape index (κ3) is 5.07. The first kappa shape index (κ1) is 21.1. The summed E-state index contributed by atoms with van der Waals surface area (Å²) in [4.78, 5) is 15.6. The molecule has 2 heterocycles. The highest BCUT2D eigenvalue weighted by Gasteiger charge is 2.29. The van der Waals surface area contributed by atoms with Gasteiger partial charge in [0.15, 0.2) is 0 Å². The molecule has 0 radical (unpaired) electrons. The van der Waals surface area contributed by atoms with E-state index in [0.29, 0.717) is 10.8 Å². The summed E-state index contributed by atoms with van der Waals surface area (Å²) in [7, 11) is 2.13. The van der Waals surface area contributed by atoms with Crippen LogP contribution in [0.3, 0.4) is 0 Å². The molecule has 0 saturated heterocycles. The summed E-state index contributed by atoms with van der Waals surface area (Å²) in [5, 5.41) is 9.86.